The molecule has 1 saturated heterocycles. The number of hydrogen-bond donors (Lipinski definition) is 0. The molecule has 2 aromatic rings. The number of rotatable bonds is 5. The summed E-state index contributed by atoms with van der Waals surface area (Å²) in [6, 6.07) is 0. The van der Waals surface area contributed by atoms with Crippen molar-refractivity contribution in [3.05, 3.63) is 38.6 Å². The molecule has 8 heteroatoms. The normalized spacial score (nSPS) is 15.9. The summed E-state index contributed by atoms with van der Waals surface area (Å²) < 4.78 is 1.61. The maximum atomic E-state index is 12.4. The van der Waals surface area contributed by atoms with Crippen LogP contribution in [0.2, 0.25) is 5.15 Å². The van der Waals surface area contributed by atoms with Gasteiger partial charge in [-0.1, -0.05) is 18.5 Å². The number of carbonyl (C=O) groups excluding carboxylic acids is 1. The van der Waals surface area contributed by atoms with Crippen LogP contribution in [0.5, 0.6) is 0 Å². The lowest BCUT2D eigenvalue weighted by Crippen LogP contribution is -2.47. The minimum Gasteiger partial charge on any atom is -0.337 e. The summed E-state index contributed by atoms with van der Waals surface area (Å²) in [5, 5.41) is 8.12. The highest BCUT2D eigenvalue weighted by Crippen LogP contribution is 2.20. The highest BCUT2D eigenvalue weighted by atomic mass is 35.5. The molecule has 0 radical (unpaired) electrons. The van der Waals surface area contributed by atoms with Gasteiger partial charge in [-0.25, -0.2) is 4.98 Å². The molecule has 0 saturated carbocycles. The van der Waals surface area contributed by atoms with Crippen molar-refractivity contribution in [3.63, 3.8) is 0 Å². The van der Waals surface area contributed by atoms with Crippen LogP contribution in [0, 0.1) is 6.92 Å². The molecule has 0 aliphatic carbocycles. The number of aryl methyl sites for hydroxylation is 3. The summed E-state index contributed by atoms with van der Waals surface area (Å²) in [5.74, 6) is 0.0193. The molecule has 1 amide bonds. The summed E-state index contributed by atoms with van der Waals surface area (Å²) in [4.78, 5) is 21.3. The molecule has 0 unspecified atom stereocenters. The summed E-state index contributed by atoms with van der Waals surface area (Å²) in [6.07, 6.45) is 4.35. The number of amides is 1. The number of nitrogens with zero attached hydrogens (tertiary/aromatic N) is 5. The maximum Gasteiger partial charge on any atom is 0.246 e. The Morgan fingerprint density at radius 2 is 2.08 bits per heavy atom. The van der Waals surface area contributed by atoms with Gasteiger partial charge in [0.05, 0.1) is 16.4 Å². The number of aromatic nitrogens is 3. The largest absolute Gasteiger partial charge is 0.337 e. The van der Waals surface area contributed by atoms with Crippen LogP contribution in [-0.4, -0.2) is 56.7 Å². The third-order valence-electron chi connectivity index (χ3n) is 4.56. The Morgan fingerprint density at radius 3 is 2.65 bits per heavy atom. The quantitative estimate of drug-likeness (QED) is 0.733. The molecular formula is C18H24ClN5OS. The molecule has 0 spiro atoms. The molecule has 3 heterocycles. The lowest BCUT2D eigenvalue weighted by Gasteiger charge is -2.33. The zero-order valence-electron chi connectivity index (χ0n) is 15.4. The van der Waals surface area contributed by atoms with Crippen molar-refractivity contribution in [2.75, 3.05) is 26.2 Å². The predicted octanol–water partition coefficient (Wildman–Crippen LogP) is 2.76. The Bertz CT molecular complexity index is 805. The zero-order valence-corrected chi connectivity index (χ0v) is 17.0. The van der Waals surface area contributed by atoms with Gasteiger partial charge >= 0.3 is 0 Å². The van der Waals surface area contributed by atoms with Gasteiger partial charge in [0.25, 0.3) is 0 Å². The van der Waals surface area contributed by atoms with E-state index in [0.29, 0.717) is 5.15 Å². The van der Waals surface area contributed by atoms with Gasteiger partial charge < -0.3 is 4.90 Å². The van der Waals surface area contributed by atoms with Crippen molar-refractivity contribution in [1.29, 1.82) is 0 Å². The van der Waals surface area contributed by atoms with E-state index in [9.17, 15) is 4.79 Å². The first-order valence-electron chi connectivity index (χ1n) is 8.79. The first kappa shape index (κ1) is 19.1. The lowest BCUT2D eigenvalue weighted by molar-refractivity contribution is -0.127. The highest BCUT2D eigenvalue weighted by molar-refractivity contribution is 7.09. The minimum atomic E-state index is 0.0193. The van der Waals surface area contributed by atoms with Crippen LogP contribution in [0.15, 0.2) is 11.5 Å². The van der Waals surface area contributed by atoms with Crippen molar-refractivity contribution in [1.82, 2.24) is 24.6 Å². The number of halogens is 1. The smallest absolute Gasteiger partial charge is 0.246 e. The summed E-state index contributed by atoms with van der Waals surface area (Å²) >= 11 is 7.93. The van der Waals surface area contributed by atoms with Crippen molar-refractivity contribution in [2.45, 2.75) is 26.8 Å². The SMILES string of the molecule is CCc1nc(CN2CCN(C(=O)C=Cc3c(C)nn(C)c3Cl)CC2)cs1. The number of piperazine rings is 1. The third kappa shape index (κ3) is 4.34. The second-order valence-corrected chi connectivity index (χ2v) is 7.74. The Hall–Kier alpha value is -1.70. The molecular weight excluding hydrogens is 370 g/mol. The summed E-state index contributed by atoms with van der Waals surface area (Å²) in [6.45, 7) is 8.06. The molecule has 140 valence electrons. The molecule has 3 rings (SSSR count). The van der Waals surface area contributed by atoms with Gasteiger partial charge in [-0.15, -0.1) is 11.3 Å². The fourth-order valence-electron chi connectivity index (χ4n) is 3.04. The third-order valence-corrected chi connectivity index (χ3v) is 6.05. The minimum absolute atomic E-state index is 0.0193. The van der Waals surface area contributed by atoms with Crippen LogP contribution in [0.25, 0.3) is 6.08 Å². The van der Waals surface area contributed by atoms with E-state index in [0.717, 1.165) is 56.1 Å². The molecule has 2 aromatic heterocycles. The molecule has 0 atom stereocenters. The number of carbonyl (C=O) groups is 1. The van der Waals surface area contributed by atoms with Crippen molar-refractivity contribution < 1.29 is 4.79 Å². The first-order valence-corrected chi connectivity index (χ1v) is 10.1. The van der Waals surface area contributed by atoms with Crippen LogP contribution in [-0.2, 0) is 24.8 Å². The van der Waals surface area contributed by atoms with Crippen LogP contribution in [0.1, 0.15) is 28.9 Å². The number of hydrogen-bond acceptors (Lipinski definition) is 5. The summed E-state index contributed by atoms with van der Waals surface area (Å²) in [5.41, 5.74) is 2.76. The molecule has 0 bridgehead atoms. The average molecular weight is 394 g/mol. The van der Waals surface area contributed by atoms with Gasteiger partial charge in [0.15, 0.2) is 0 Å². The highest BCUT2D eigenvalue weighted by Gasteiger charge is 2.20. The van der Waals surface area contributed by atoms with Crippen molar-refractivity contribution in [2.24, 2.45) is 7.05 Å². The van der Waals surface area contributed by atoms with Gasteiger partial charge in [-0.2, -0.15) is 5.10 Å². The Balaban J connectivity index is 1.52. The molecule has 6 nitrogen and oxygen atoms in total. The van der Waals surface area contributed by atoms with E-state index >= 15 is 0 Å². The van der Waals surface area contributed by atoms with Gasteiger partial charge in [0.1, 0.15) is 5.15 Å². The van der Waals surface area contributed by atoms with E-state index in [1.807, 2.05) is 11.8 Å². The molecule has 1 aliphatic heterocycles. The van der Waals surface area contributed by atoms with Crippen LogP contribution >= 0.6 is 22.9 Å². The van der Waals surface area contributed by atoms with Gasteiger partial charge in [-0.05, 0) is 19.4 Å². The fourth-order valence-corrected chi connectivity index (χ4v) is 4.01. The van der Waals surface area contributed by atoms with E-state index in [1.165, 1.54) is 5.01 Å². The molecule has 0 N–H and O–H groups in total. The zero-order chi connectivity index (χ0) is 18.7. The fraction of sp³-hybridized carbons (Fsp3) is 0.500. The number of thiazole rings is 1. The second kappa shape index (κ2) is 8.33. The first-order chi connectivity index (χ1) is 12.5. The Kier molecular flexibility index (Phi) is 6.11. The van der Waals surface area contributed by atoms with Crippen molar-refractivity contribution >= 4 is 34.9 Å². The summed E-state index contributed by atoms with van der Waals surface area (Å²) in [7, 11) is 1.79. The van der Waals surface area contributed by atoms with Gasteiger partial charge in [-0.3, -0.25) is 14.4 Å². The van der Waals surface area contributed by atoms with E-state index < -0.39 is 0 Å². The monoisotopic (exact) mass is 393 g/mol. The Morgan fingerprint density at radius 1 is 1.35 bits per heavy atom. The van der Waals surface area contributed by atoms with Crippen LogP contribution in [0.4, 0.5) is 0 Å². The van der Waals surface area contributed by atoms with E-state index in [-0.39, 0.29) is 5.91 Å². The maximum absolute atomic E-state index is 12.4. The van der Waals surface area contributed by atoms with Gasteiger partial charge in [0.2, 0.25) is 5.91 Å². The molecule has 1 fully saturated rings. The lowest BCUT2D eigenvalue weighted by atomic mass is 10.2. The topological polar surface area (TPSA) is 54.3 Å². The molecule has 0 aromatic carbocycles. The Labute approximate surface area is 163 Å². The van der Waals surface area contributed by atoms with Gasteiger partial charge in [0, 0.05) is 56.8 Å². The van der Waals surface area contributed by atoms with E-state index in [4.69, 9.17) is 11.6 Å². The van der Waals surface area contributed by atoms with Crippen LogP contribution < -0.4 is 0 Å². The van der Waals surface area contributed by atoms with E-state index in [1.54, 1.807) is 35.2 Å². The average Bonchev–Trinajstić information content (AvgIpc) is 3.18. The van der Waals surface area contributed by atoms with Crippen LogP contribution in [0.3, 0.4) is 0 Å². The molecule has 1 aliphatic rings. The standard InChI is InChI=1S/C18H24ClN5OS/c1-4-16-20-14(12-26-16)11-23-7-9-24(10-8-23)17(25)6-5-15-13(2)21-22(3)18(15)19/h5-6,12H,4,7-11H2,1-3H3. The molecule has 26 heavy (non-hydrogen) atoms. The second-order valence-electron chi connectivity index (χ2n) is 6.43. The van der Waals surface area contributed by atoms with Crippen molar-refractivity contribution in [3.8, 4) is 0 Å². The van der Waals surface area contributed by atoms with E-state index in [2.05, 4.69) is 27.3 Å². The predicted molar refractivity (Wildman–Crippen MR) is 105 cm³/mol.